The van der Waals surface area contributed by atoms with Gasteiger partial charge in [0.15, 0.2) is 0 Å². The Hall–Kier alpha value is -0.880. The smallest absolute Gasteiger partial charge is 0.239 e. The van der Waals surface area contributed by atoms with Crippen LogP contribution in [0.4, 0.5) is 0 Å². The van der Waals surface area contributed by atoms with Gasteiger partial charge in [0.05, 0.1) is 11.8 Å². The van der Waals surface area contributed by atoms with Crippen LogP contribution >= 0.6 is 0 Å². The normalized spacial score (nSPS) is 18.8. The van der Waals surface area contributed by atoms with Gasteiger partial charge in [-0.1, -0.05) is 11.6 Å². The van der Waals surface area contributed by atoms with Crippen LogP contribution in [0.2, 0.25) is 0 Å². The Bertz CT molecular complexity index is 414. The predicted octanol–water partition coefficient (Wildman–Crippen LogP) is -0.0730. The van der Waals surface area contributed by atoms with Gasteiger partial charge in [-0.05, 0) is 19.8 Å². The molecule has 0 aromatic carbocycles. The Labute approximate surface area is 103 Å². The van der Waals surface area contributed by atoms with Crippen molar-refractivity contribution in [3.63, 3.8) is 0 Å². The first-order chi connectivity index (χ1) is 7.79. The zero-order valence-corrected chi connectivity index (χ0v) is 11.2. The van der Waals surface area contributed by atoms with Crippen LogP contribution < -0.4 is 5.73 Å². The number of carbonyl (C=O) groups is 1. The van der Waals surface area contributed by atoms with Crippen molar-refractivity contribution in [1.82, 2.24) is 4.90 Å². The fourth-order valence-electron chi connectivity index (χ4n) is 1.80. The van der Waals surface area contributed by atoms with Crippen molar-refractivity contribution in [1.29, 1.82) is 0 Å². The molecule has 0 radical (unpaired) electrons. The molecule has 6 heteroatoms. The van der Waals surface area contributed by atoms with Gasteiger partial charge in [0.25, 0.3) is 0 Å². The number of rotatable bonds is 4. The zero-order chi connectivity index (χ0) is 13.1. The van der Waals surface area contributed by atoms with Crippen LogP contribution in [0.5, 0.6) is 0 Å². The minimum atomic E-state index is -3.06. The maximum Gasteiger partial charge on any atom is 0.239 e. The standard InChI is InChI=1S/C11H20N2O3S/c1-9-4-3-6-13(8-9)11(14)10(12)5-7-17(2,15)16/h4,10H,3,5-8,12H2,1-2H3. The van der Waals surface area contributed by atoms with E-state index in [0.717, 1.165) is 18.2 Å². The summed E-state index contributed by atoms with van der Waals surface area (Å²) in [6.07, 6.45) is 4.29. The lowest BCUT2D eigenvalue weighted by atomic mass is 10.1. The SMILES string of the molecule is CC1=CCCN(C(=O)C(N)CCS(C)(=O)=O)C1. The van der Waals surface area contributed by atoms with Crippen molar-refractivity contribution in [2.24, 2.45) is 5.73 Å². The molecule has 98 valence electrons. The summed E-state index contributed by atoms with van der Waals surface area (Å²) in [5, 5.41) is 0. The lowest BCUT2D eigenvalue weighted by Gasteiger charge is -2.28. The van der Waals surface area contributed by atoms with Crippen LogP contribution in [0, 0.1) is 0 Å². The van der Waals surface area contributed by atoms with Gasteiger partial charge >= 0.3 is 0 Å². The van der Waals surface area contributed by atoms with E-state index in [9.17, 15) is 13.2 Å². The quantitative estimate of drug-likeness (QED) is 0.717. The van der Waals surface area contributed by atoms with E-state index in [0.29, 0.717) is 13.1 Å². The maximum atomic E-state index is 11.9. The summed E-state index contributed by atoms with van der Waals surface area (Å²) >= 11 is 0. The van der Waals surface area contributed by atoms with Crippen molar-refractivity contribution in [3.05, 3.63) is 11.6 Å². The van der Waals surface area contributed by atoms with E-state index in [1.54, 1.807) is 4.90 Å². The predicted molar refractivity (Wildman–Crippen MR) is 67.3 cm³/mol. The number of nitrogens with zero attached hydrogens (tertiary/aromatic N) is 1. The lowest BCUT2D eigenvalue weighted by molar-refractivity contribution is -0.132. The van der Waals surface area contributed by atoms with Crippen LogP contribution in [0.15, 0.2) is 11.6 Å². The Morgan fingerprint density at radius 1 is 1.59 bits per heavy atom. The Morgan fingerprint density at radius 3 is 2.76 bits per heavy atom. The summed E-state index contributed by atoms with van der Waals surface area (Å²) in [6.45, 7) is 3.25. The van der Waals surface area contributed by atoms with Crippen molar-refractivity contribution >= 4 is 15.7 Å². The first-order valence-corrected chi connectivity index (χ1v) is 7.73. The summed E-state index contributed by atoms with van der Waals surface area (Å²) in [5.41, 5.74) is 6.88. The fourth-order valence-corrected chi connectivity index (χ4v) is 2.48. The molecular formula is C11H20N2O3S. The third kappa shape index (κ3) is 4.87. The molecule has 1 heterocycles. The third-order valence-electron chi connectivity index (χ3n) is 2.76. The van der Waals surface area contributed by atoms with Gasteiger partial charge in [-0.3, -0.25) is 4.79 Å². The molecule has 0 fully saturated rings. The van der Waals surface area contributed by atoms with Crippen LogP contribution in [0.25, 0.3) is 0 Å². The molecule has 0 spiro atoms. The number of hydrogen-bond acceptors (Lipinski definition) is 4. The van der Waals surface area contributed by atoms with E-state index >= 15 is 0 Å². The van der Waals surface area contributed by atoms with Gasteiger partial charge < -0.3 is 10.6 Å². The number of nitrogens with two attached hydrogens (primary N) is 1. The molecular weight excluding hydrogens is 240 g/mol. The molecule has 1 amide bonds. The highest BCUT2D eigenvalue weighted by Gasteiger charge is 2.23. The van der Waals surface area contributed by atoms with E-state index in [-0.39, 0.29) is 18.1 Å². The van der Waals surface area contributed by atoms with Gasteiger partial charge in [0.1, 0.15) is 9.84 Å². The molecule has 1 rings (SSSR count). The van der Waals surface area contributed by atoms with Gasteiger partial charge in [0.2, 0.25) is 5.91 Å². The fraction of sp³-hybridized carbons (Fsp3) is 0.727. The van der Waals surface area contributed by atoms with E-state index in [1.165, 1.54) is 0 Å². The monoisotopic (exact) mass is 260 g/mol. The van der Waals surface area contributed by atoms with Gasteiger partial charge in [-0.2, -0.15) is 0 Å². The van der Waals surface area contributed by atoms with Crippen LogP contribution in [0.3, 0.4) is 0 Å². The van der Waals surface area contributed by atoms with Gasteiger partial charge in [0, 0.05) is 19.3 Å². The maximum absolute atomic E-state index is 11.9. The van der Waals surface area contributed by atoms with Gasteiger partial charge in [-0.15, -0.1) is 0 Å². The number of carbonyl (C=O) groups excluding carboxylic acids is 1. The lowest BCUT2D eigenvalue weighted by Crippen LogP contribution is -2.46. The van der Waals surface area contributed by atoms with Crippen molar-refractivity contribution in [2.75, 3.05) is 25.1 Å². The first kappa shape index (κ1) is 14.2. The minimum Gasteiger partial charge on any atom is -0.337 e. The molecule has 17 heavy (non-hydrogen) atoms. The number of hydrogen-bond donors (Lipinski definition) is 1. The Morgan fingerprint density at radius 2 is 2.24 bits per heavy atom. The molecule has 1 aliphatic heterocycles. The second-order valence-corrected chi connectivity index (χ2v) is 6.88. The molecule has 0 aromatic rings. The van der Waals surface area contributed by atoms with E-state index in [1.807, 2.05) is 6.92 Å². The summed E-state index contributed by atoms with van der Waals surface area (Å²) < 4.78 is 22.0. The average Bonchev–Trinajstić information content (AvgIpc) is 2.24. The van der Waals surface area contributed by atoms with Crippen LogP contribution in [-0.2, 0) is 14.6 Å². The highest BCUT2D eigenvalue weighted by Crippen LogP contribution is 2.10. The second-order valence-electron chi connectivity index (χ2n) is 4.62. The Kier molecular flexibility index (Phi) is 4.70. The summed E-state index contributed by atoms with van der Waals surface area (Å²) in [4.78, 5) is 13.6. The number of amides is 1. The van der Waals surface area contributed by atoms with Crippen molar-refractivity contribution in [2.45, 2.75) is 25.8 Å². The third-order valence-corrected chi connectivity index (χ3v) is 3.74. The highest BCUT2D eigenvalue weighted by atomic mass is 32.2. The highest BCUT2D eigenvalue weighted by molar-refractivity contribution is 7.90. The summed E-state index contributed by atoms with van der Waals surface area (Å²) in [5.74, 6) is -0.191. The molecule has 1 atom stereocenters. The molecule has 5 nitrogen and oxygen atoms in total. The number of sulfone groups is 1. The van der Waals surface area contributed by atoms with E-state index < -0.39 is 15.9 Å². The van der Waals surface area contributed by atoms with E-state index in [2.05, 4.69) is 6.08 Å². The zero-order valence-electron chi connectivity index (χ0n) is 10.3. The van der Waals surface area contributed by atoms with Crippen molar-refractivity contribution in [3.8, 4) is 0 Å². The largest absolute Gasteiger partial charge is 0.337 e. The molecule has 1 aliphatic rings. The van der Waals surface area contributed by atoms with Crippen LogP contribution in [-0.4, -0.2) is 50.4 Å². The Balaban J connectivity index is 2.50. The molecule has 0 saturated carbocycles. The first-order valence-electron chi connectivity index (χ1n) is 5.67. The van der Waals surface area contributed by atoms with Crippen LogP contribution in [0.1, 0.15) is 19.8 Å². The minimum absolute atomic E-state index is 0.0391. The molecule has 0 aromatic heterocycles. The summed E-state index contributed by atoms with van der Waals surface area (Å²) in [7, 11) is -3.06. The molecule has 2 N–H and O–H groups in total. The van der Waals surface area contributed by atoms with E-state index in [4.69, 9.17) is 5.73 Å². The molecule has 0 aliphatic carbocycles. The second kappa shape index (κ2) is 5.64. The molecule has 1 unspecified atom stereocenters. The summed E-state index contributed by atoms with van der Waals surface area (Å²) in [6, 6.07) is -0.712. The van der Waals surface area contributed by atoms with Crippen molar-refractivity contribution < 1.29 is 13.2 Å². The molecule has 0 bridgehead atoms. The average molecular weight is 260 g/mol. The molecule has 0 saturated heterocycles. The topological polar surface area (TPSA) is 80.5 Å². The van der Waals surface area contributed by atoms with Gasteiger partial charge in [-0.25, -0.2) is 8.42 Å².